The lowest BCUT2D eigenvalue weighted by molar-refractivity contribution is 0.298. The van der Waals surface area contributed by atoms with E-state index in [-0.39, 0.29) is 11.4 Å². The van der Waals surface area contributed by atoms with Gasteiger partial charge in [-0.25, -0.2) is 0 Å². The molecule has 0 aliphatic carbocycles. The molecule has 0 aliphatic rings. The highest BCUT2D eigenvalue weighted by molar-refractivity contribution is 9.10. The summed E-state index contributed by atoms with van der Waals surface area (Å²) in [5.41, 5.74) is 0.251. The molecule has 0 radical (unpaired) electrons. The molecule has 0 saturated carbocycles. The normalized spacial score (nSPS) is 11.8. The van der Waals surface area contributed by atoms with E-state index >= 15 is 0 Å². The molecule has 24 heavy (non-hydrogen) atoms. The molecule has 1 aromatic heterocycles. The predicted octanol–water partition coefficient (Wildman–Crippen LogP) is 3.54. The number of aliphatic imine (C=N–C) groups is 1. The Morgan fingerprint density at radius 3 is 2.71 bits per heavy atom. The molecule has 0 amide bonds. The molecule has 6 heteroatoms. The fourth-order valence-corrected chi connectivity index (χ4v) is 3.03. The Kier molecular flexibility index (Phi) is 6.99. The maximum Gasteiger partial charge on any atom is 0.258 e. The minimum atomic E-state index is -0.300. The molecule has 130 valence electrons. The van der Waals surface area contributed by atoms with Gasteiger partial charge in [0.2, 0.25) is 5.88 Å². The van der Waals surface area contributed by atoms with Crippen molar-refractivity contribution in [3.05, 3.63) is 38.6 Å². The number of fused-ring (bicyclic) bond motifs is 1. The van der Waals surface area contributed by atoms with Crippen LogP contribution in [0, 0.1) is 0 Å². The van der Waals surface area contributed by atoms with E-state index in [4.69, 9.17) is 0 Å². The van der Waals surface area contributed by atoms with E-state index in [1.54, 1.807) is 12.3 Å². The zero-order valence-electron chi connectivity index (χ0n) is 14.2. The number of nitrogens with one attached hydrogen (secondary N) is 1. The third-order valence-corrected chi connectivity index (χ3v) is 4.62. The van der Waals surface area contributed by atoms with Gasteiger partial charge in [0, 0.05) is 28.0 Å². The first kappa shape index (κ1) is 18.7. The van der Waals surface area contributed by atoms with Crippen molar-refractivity contribution in [2.45, 2.75) is 26.7 Å². The summed E-state index contributed by atoms with van der Waals surface area (Å²) < 4.78 is 0.855. The van der Waals surface area contributed by atoms with Crippen molar-refractivity contribution in [3.63, 3.8) is 0 Å². The number of aromatic nitrogens is 1. The summed E-state index contributed by atoms with van der Waals surface area (Å²) in [7, 11) is 0. The lowest BCUT2D eigenvalue weighted by atomic mass is 10.1. The summed E-state index contributed by atoms with van der Waals surface area (Å²) in [6.45, 7) is 8.28. The minimum absolute atomic E-state index is 0.141. The van der Waals surface area contributed by atoms with Crippen molar-refractivity contribution in [1.82, 2.24) is 9.88 Å². The Balaban J connectivity index is 2.07. The molecule has 0 saturated heterocycles. The molecule has 5 nitrogen and oxygen atoms in total. The summed E-state index contributed by atoms with van der Waals surface area (Å²) in [5, 5.41) is 11.3. The average molecular weight is 394 g/mol. The second kappa shape index (κ2) is 8.99. The summed E-state index contributed by atoms with van der Waals surface area (Å²) in [6.07, 6.45) is 3.75. The van der Waals surface area contributed by atoms with E-state index < -0.39 is 0 Å². The number of hydrogen-bond donors (Lipinski definition) is 2. The van der Waals surface area contributed by atoms with E-state index in [0.29, 0.717) is 22.9 Å². The van der Waals surface area contributed by atoms with Gasteiger partial charge in [-0.05, 0) is 50.7 Å². The zero-order chi connectivity index (χ0) is 17.5. The Hall–Kier alpha value is -1.66. The summed E-state index contributed by atoms with van der Waals surface area (Å²) in [6, 6.07) is 5.37. The van der Waals surface area contributed by atoms with Crippen LogP contribution < -0.4 is 5.56 Å². The average Bonchev–Trinajstić information content (AvgIpc) is 2.56. The van der Waals surface area contributed by atoms with Crippen molar-refractivity contribution in [3.8, 4) is 5.88 Å². The first-order valence-electron chi connectivity index (χ1n) is 8.33. The predicted molar refractivity (Wildman–Crippen MR) is 103 cm³/mol. The SMILES string of the molecule is CCN(CC)CCCCN=Cc1c(O)[nH]c(=O)c2ccc(Br)cc12. The van der Waals surface area contributed by atoms with Crippen molar-refractivity contribution in [2.24, 2.45) is 4.99 Å². The number of halogens is 1. The van der Waals surface area contributed by atoms with Crippen LogP contribution in [0.2, 0.25) is 0 Å². The minimum Gasteiger partial charge on any atom is -0.494 e. The summed E-state index contributed by atoms with van der Waals surface area (Å²) in [5.74, 6) is -0.141. The smallest absolute Gasteiger partial charge is 0.258 e. The third kappa shape index (κ3) is 4.68. The first-order chi connectivity index (χ1) is 11.6. The van der Waals surface area contributed by atoms with Crippen LogP contribution in [0.1, 0.15) is 32.3 Å². The van der Waals surface area contributed by atoms with Gasteiger partial charge in [-0.2, -0.15) is 0 Å². The molecular weight excluding hydrogens is 370 g/mol. The van der Waals surface area contributed by atoms with Crippen LogP contribution in [0.3, 0.4) is 0 Å². The fraction of sp³-hybridized carbons (Fsp3) is 0.444. The highest BCUT2D eigenvalue weighted by atomic mass is 79.9. The van der Waals surface area contributed by atoms with E-state index in [1.807, 2.05) is 12.1 Å². The van der Waals surface area contributed by atoms with Crippen LogP contribution in [0.4, 0.5) is 0 Å². The maximum atomic E-state index is 11.9. The molecule has 2 rings (SSSR count). The molecule has 0 unspecified atom stereocenters. The number of H-pyrrole nitrogens is 1. The molecule has 1 aromatic carbocycles. The number of nitrogens with zero attached hydrogens (tertiary/aromatic N) is 2. The Labute approximate surface area is 150 Å². The quantitative estimate of drug-likeness (QED) is 0.532. The Bertz CT molecular complexity index is 767. The van der Waals surface area contributed by atoms with Gasteiger partial charge < -0.3 is 10.0 Å². The zero-order valence-corrected chi connectivity index (χ0v) is 15.8. The van der Waals surface area contributed by atoms with E-state index in [0.717, 1.165) is 36.9 Å². The van der Waals surface area contributed by atoms with Crippen LogP contribution in [0.15, 0.2) is 32.5 Å². The van der Waals surface area contributed by atoms with Crippen LogP contribution >= 0.6 is 15.9 Å². The number of unbranched alkanes of at least 4 members (excludes halogenated alkanes) is 1. The largest absolute Gasteiger partial charge is 0.494 e. The van der Waals surface area contributed by atoms with E-state index in [2.05, 4.69) is 44.7 Å². The number of rotatable bonds is 8. The maximum absolute atomic E-state index is 11.9. The highest BCUT2D eigenvalue weighted by Gasteiger charge is 2.09. The van der Waals surface area contributed by atoms with Gasteiger partial charge in [0.25, 0.3) is 5.56 Å². The second-order valence-electron chi connectivity index (χ2n) is 5.68. The monoisotopic (exact) mass is 393 g/mol. The first-order valence-corrected chi connectivity index (χ1v) is 9.12. The van der Waals surface area contributed by atoms with E-state index in [9.17, 15) is 9.90 Å². The Morgan fingerprint density at radius 2 is 2.00 bits per heavy atom. The van der Waals surface area contributed by atoms with Gasteiger partial charge in [0.1, 0.15) is 0 Å². The molecular formula is C18H24BrN3O2. The molecule has 0 atom stereocenters. The molecule has 1 heterocycles. The number of benzene rings is 1. The van der Waals surface area contributed by atoms with Crippen molar-refractivity contribution < 1.29 is 5.11 Å². The van der Waals surface area contributed by atoms with Gasteiger partial charge in [-0.1, -0.05) is 29.8 Å². The molecule has 0 fully saturated rings. The molecule has 2 aromatic rings. The highest BCUT2D eigenvalue weighted by Crippen LogP contribution is 2.24. The molecule has 2 N–H and O–H groups in total. The summed E-state index contributed by atoms with van der Waals surface area (Å²) in [4.78, 5) is 21.2. The summed E-state index contributed by atoms with van der Waals surface area (Å²) >= 11 is 3.40. The number of aromatic amines is 1. The van der Waals surface area contributed by atoms with Gasteiger partial charge >= 0.3 is 0 Å². The van der Waals surface area contributed by atoms with Gasteiger partial charge in [0.15, 0.2) is 0 Å². The molecule has 0 spiro atoms. The van der Waals surface area contributed by atoms with Crippen LogP contribution in [0.5, 0.6) is 5.88 Å². The lowest BCUT2D eigenvalue weighted by Gasteiger charge is -2.17. The number of aromatic hydroxyl groups is 1. The van der Waals surface area contributed by atoms with Crippen molar-refractivity contribution in [1.29, 1.82) is 0 Å². The number of pyridine rings is 1. The topological polar surface area (TPSA) is 68.7 Å². The van der Waals surface area contributed by atoms with Gasteiger partial charge in [-0.3, -0.25) is 14.8 Å². The standard InChI is InChI=1S/C18H24BrN3O2/c1-3-22(4-2)10-6-5-9-20-12-16-15-11-13(19)7-8-14(15)17(23)21-18(16)24/h7-8,11-12H,3-6,9-10H2,1-2H3,(H2,21,23,24). The third-order valence-electron chi connectivity index (χ3n) is 4.13. The Morgan fingerprint density at radius 1 is 1.25 bits per heavy atom. The fourth-order valence-electron chi connectivity index (χ4n) is 2.67. The van der Waals surface area contributed by atoms with Crippen LogP contribution in [-0.2, 0) is 0 Å². The van der Waals surface area contributed by atoms with Crippen LogP contribution in [-0.4, -0.2) is 47.4 Å². The van der Waals surface area contributed by atoms with E-state index in [1.165, 1.54) is 0 Å². The van der Waals surface area contributed by atoms with Gasteiger partial charge in [-0.15, -0.1) is 0 Å². The molecule has 0 aliphatic heterocycles. The lowest BCUT2D eigenvalue weighted by Crippen LogP contribution is -2.23. The van der Waals surface area contributed by atoms with Crippen LogP contribution in [0.25, 0.3) is 10.8 Å². The number of hydrogen-bond acceptors (Lipinski definition) is 4. The molecule has 0 bridgehead atoms. The van der Waals surface area contributed by atoms with Crippen molar-refractivity contribution >= 4 is 32.9 Å². The van der Waals surface area contributed by atoms with Crippen molar-refractivity contribution in [2.75, 3.05) is 26.2 Å². The van der Waals surface area contributed by atoms with Gasteiger partial charge in [0.05, 0.1) is 5.56 Å². The second-order valence-corrected chi connectivity index (χ2v) is 6.59.